The molecule has 0 spiro atoms. The molecule has 0 aromatic rings. The second-order valence-electron chi connectivity index (χ2n) is 21.0. The number of esters is 3. The molecule has 6 heteroatoms. The quantitative estimate of drug-likeness (QED) is 0.0261. The van der Waals surface area contributed by atoms with E-state index in [1.165, 1.54) is 231 Å². The summed E-state index contributed by atoms with van der Waals surface area (Å²) in [6, 6.07) is 0. The van der Waals surface area contributed by atoms with Gasteiger partial charge < -0.3 is 14.2 Å². The topological polar surface area (TPSA) is 78.9 Å². The van der Waals surface area contributed by atoms with Gasteiger partial charge in [0.1, 0.15) is 13.2 Å². The molecule has 0 aliphatic heterocycles. The lowest BCUT2D eigenvalue weighted by Crippen LogP contribution is -2.30. The summed E-state index contributed by atoms with van der Waals surface area (Å²) in [5.41, 5.74) is 0. The molecule has 1 unspecified atom stereocenters. The van der Waals surface area contributed by atoms with Crippen molar-refractivity contribution < 1.29 is 28.6 Å². The van der Waals surface area contributed by atoms with E-state index in [1.807, 2.05) is 0 Å². The van der Waals surface area contributed by atoms with Crippen LogP contribution in [0.15, 0.2) is 24.3 Å². The number of allylic oxidation sites excluding steroid dienone is 4. The van der Waals surface area contributed by atoms with Crippen LogP contribution in [0.3, 0.4) is 0 Å². The maximum absolute atomic E-state index is 12.9. The Kier molecular flexibility index (Phi) is 56.7. The number of hydrogen-bond acceptors (Lipinski definition) is 6. The van der Waals surface area contributed by atoms with Crippen LogP contribution in [0, 0.1) is 0 Å². The van der Waals surface area contributed by atoms with Gasteiger partial charge in [-0.2, -0.15) is 0 Å². The summed E-state index contributed by atoms with van der Waals surface area (Å²) in [7, 11) is 0. The number of carbonyl (C=O) groups excluding carboxylic acids is 3. The maximum atomic E-state index is 12.9. The van der Waals surface area contributed by atoms with Crippen LogP contribution in [-0.4, -0.2) is 37.2 Å². The molecule has 0 saturated carbocycles. The molecule has 0 aliphatic rings. The van der Waals surface area contributed by atoms with E-state index in [-0.39, 0.29) is 31.1 Å². The number of ether oxygens (including phenoxy) is 3. The van der Waals surface area contributed by atoms with E-state index < -0.39 is 6.10 Å². The van der Waals surface area contributed by atoms with Crippen LogP contribution >= 0.6 is 0 Å². The molecule has 1 atom stereocenters. The number of hydrogen-bond donors (Lipinski definition) is 0. The highest BCUT2D eigenvalue weighted by molar-refractivity contribution is 5.71. The van der Waals surface area contributed by atoms with Gasteiger partial charge in [0.25, 0.3) is 0 Å². The lowest BCUT2D eigenvalue weighted by molar-refractivity contribution is -0.167. The van der Waals surface area contributed by atoms with Gasteiger partial charge in [-0.05, 0) is 51.4 Å². The molecule has 0 amide bonds. The molecule has 6 nitrogen and oxygen atoms in total. The zero-order valence-electron chi connectivity index (χ0n) is 46.6. The van der Waals surface area contributed by atoms with Crippen LogP contribution in [0.2, 0.25) is 0 Å². The van der Waals surface area contributed by atoms with E-state index in [0.717, 1.165) is 70.6 Å². The van der Waals surface area contributed by atoms with Crippen molar-refractivity contribution in [1.82, 2.24) is 0 Å². The smallest absolute Gasteiger partial charge is 0.306 e. The minimum atomic E-state index is -0.770. The first-order valence-electron chi connectivity index (χ1n) is 30.8. The minimum Gasteiger partial charge on any atom is -0.462 e. The van der Waals surface area contributed by atoms with Crippen LogP contribution in [-0.2, 0) is 28.6 Å². The fraction of sp³-hybridized carbons (Fsp3) is 0.889. The second-order valence-corrected chi connectivity index (χ2v) is 21.0. The van der Waals surface area contributed by atoms with Gasteiger partial charge >= 0.3 is 17.9 Å². The van der Waals surface area contributed by atoms with Crippen LogP contribution in [0.4, 0.5) is 0 Å². The van der Waals surface area contributed by atoms with Gasteiger partial charge in [0.05, 0.1) is 0 Å². The van der Waals surface area contributed by atoms with E-state index in [0.29, 0.717) is 19.3 Å². The van der Waals surface area contributed by atoms with Crippen LogP contribution in [0.1, 0.15) is 342 Å². The van der Waals surface area contributed by atoms with E-state index in [4.69, 9.17) is 14.2 Å². The third-order valence-corrected chi connectivity index (χ3v) is 14.0. The summed E-state index contributed by atoms with van der Waals surface area (Å²) >= 11 is 0. The van der Waals surface area contributed by atoms with Gasteiger partial charge in [0.2, 0.25) is 0 Å². The normalized spacial score (nSPS) is 12.1. The molecule has 0 aromatic carbocycles. The first-order valence-corrected chi connectivity index (χ1v) is 30.8. The Morgan fingerprint density at radius 3 is 0.812 bits per heavy atom. The van der Waals surface area contributed by atoms with Gasteiger partial charge in [0, 0.05) is 19.3 Å². The summed E-state index contributed by atoms with van der Waals surface area (Å²) in [6.07, 6.45) is 68.8. The molecule has 0 radical (unpaired) electrons. The molecular weight excluding hydrogens is 853 g/mol. The van der Waals surface area contributed by atoms with Crippen molar-refractivity contribution in [3.8, 4) is 0 Å². The lowest BCUT2D eigenvalue weighted by Gasteiger charge is -2.18. The van der Waals surface area contributed by atoms with Gasteiger partial charge in [-0.25, -0.2) is 0 Å². The van der Waals surface area contributed by atoms with Crippen molar-refractivity contribution in [2.75, 3.05) is 13.2 Å². The zero-order valence-corrected chi connectivity index (χ0v) is 46.6. The summed E-state index contributed by atoms with van der Waals surface area (Å²) in [5.74, 6) is -0.849. The van der Waals surface area contributed by atoms with Crippen LogP contribution in [0.25, 0.3) is 0 Å². The lowest BCUT2D eigenvalue weighted by atomic mass is 10.0. The standard InChI is InChI=1S/C63H118O6/c1-4-7-10-13-16-19-22-25-28-30-32-35-38-41-44-47-50-53-56-62(65)68-59-60(58-67-61(64)55-52-49-46-43-40-37-34-27-24-21-18-15-12-9-6-3)69-63(66)57-54-51-48-45-42-39-36-33-31-29-26-23-20-17-14-11-8-5-2/h19,22,28,30,60H,4-18,20-21,23-27,29,31-59H2,1-3H3/b22-19-,30-28-. The fourth-order valence-electron chi connectivity index (χ4n) is 9.30. The van der Waals surface area contributed by atoms with Crippen molar-refractivity contribution in [1.29, 1.82) is 0 Å². The Morgan fingerprint density at radius 2 is 0.522 bits per heavy atom. The largest absolute Gasteiger partial charge is 0.462 e. The number of unbranched alkanes of at least 4 members (excludes halogenated alkanes) is 42. The van der Waals surface area contributed by atoms with E-state index in [1.54, 1.807) is 0 Å². The Morgan fingerprint density at radius 1 is 0.290 bits per heavy atom. The molecule has 0 aliphatic carbocycles. The molecule has 0 fully saturated rings. The van der Waals surface area contributed by atoms with Crippen molar-refractivity contribution in [3.05, 3.63) is 24.3 Å². The summed E-state index contributed by atoms with van der Waals surface area (Å²) in [5, 5.41) is 0. The zero-order chi connectivity index (χ0) is 50.0. The van der Waals surface area contributed by atoms with E-state index >= 15 is 0 Å². The molecule has 0 saturated heterocycles. The highest BCUT2D eigenvalue weighted by atomic mass is 16.6. The van der Waals surface area contributed by atoms with Crippen LogP contribution < -0.4 is 0 Å². The van der Waals surface area contributed by atoms with Gasteiger partial charge in [-0.3, -0.25) is 14.4 Å². The number of carbonyl (C=O) groups is 3. The summed E-state index contributed by atoms with van der Waals surface area (Å²) in [6.45, 7) is 6.68. The third-order valence-electron chi connectivity index (χ3n) is 14.0. The Hall–Kier alpha value is -2.11. The highest BCUT2D eigenvalue weighted by Crippen LogP contribution is 2.17. The third kappa shape index (κ3) is 56.7. The fourth-order valence-corrected chi connectivity index (χ4v) is 9.30. The predicted octanol–water partition coefficient (Wildman–Crippen LogP) is 20.7. The predicted molar refractivity (Wildman–Crippen MR) is 298 cm³/mol. The SMILES string of the molecule is CCCCCC/C=C\C/C=C\CCCCCCCCCC(=O)OCC(COC(=O)CCCCCCCCCCCCCCCCC)OC(=O)CCCCCCCCCCCCCCCCCCCC. The molecular formula is C63H118O6. The summed E-state index contributed by atoms with van der Waals surface area (Å²) in [4.78, 5) is 38.2. The van der Waals surface area contributed by atoms with Gasteiger partial charge in [-0.15, -0.1) is 0 Å². The minimum absolute atomic E-state index is 0.0677. The van der Waals surface area contributed by atoms with Gasteiger partial charge in [0.15, 0.2) is 6.10 Å². The Balaban J connectivity index is 4.33. The molecule has 406 valence electrons. The molecule has 0 rings (SSSR count). The first kappa shape index (κ1) is 66.9. The van der Waals surface area contributed by atoms with Crippen molar-refractivity contribution >= 4 is 17.9 Å². The Bertz CT molecular complexity index is 1110. The average molecular weight is 972 g/mol. The molecule has 0 N–H and O–H groups in total. The highest BCUT2D eigenvalue weighted by Gasteiger charge is 2.19. The maximum Gasteiger partial charge on any atom is 0.306 e. The second kappa shape index (κ2) is 58.5. The van der Waals surface area contributed by atoms with Crippen molar-refractivity contribution in [2.45, 2.75) is 348 Å². The molecule has 0 heterocycles. The van der Waals surface area contributed by atoms with Gasteiger partial charge in [-0.1, -0.05) is 295 Å². The number of rotatable bonds is 57. The van der Waals surface area contributed by atoms with E-state index in [9.17, 15) is 14.4 Å². The van der Waals surface area contributed by atoms with E-state index in [2.05, 4.69) is 45.1 Å². The summed E-state index contributed by atoms with van der Waals surface area (Å²) < 4.78 is 16.9. The van der Waals surface area contributed by atoms with Crippen molar-refractivity contribution in [3.63, 3.8) is 0 Å². The Labute approximate surface area is 430 Å². The van der Waals surface area contributed by atoms with Crippen LogP contribution in [0.5, 0.6) is 0 Å². The molecule has 0 aromatic heterocycles. The first-order chi connectivity index (χ1) is 34.0. The average Bonchev–Trinajstić information content (AvgIpc) is 3.35. The molecule has 0 bridgehead atoms. The van der Waals surface area contributed by atoms with Crippen molar-refractivity contribution in [2.24, 2.45) is 0 Å². The molecule has 69 heavy (non-hydrogen) atoms. The monoisotopic (exact) mass is 971 g/mol.